The first-order valence-electron chi connectivity index (χ1n) is 10.9. The Labute approximate surface area is 196 Å². The van der Waals surface area contributed by atoms with E-state index in [1.807, 2.05) is 37.3 Å². The molecule has 0 atom stereocenters. The highest BCUT2D eigenvalue weighted by Crippen LogP contribution is 2.21. The third-order valence-electron chi connectivity index (χ3n) is 5.38. The number of hydrogen-bond acceptors (Lipinski definition) is 4. The minimum Gasteiger partial charge on any atom is -0.382 e. The van der Waals surface area contributed by atoms with Crippen molar-refractivity contribution in [3.05, 3.63) is 97.7 Å². The fourth-order valence-electron chi connectivity index (χ4n) is 3.81. The number of H-pyrrole nitrogens is 1. The van der Waals surface area contributed by atoms with Crippen LogP contribution in [0.4, 0.5) is 0 Å². The lowest BCUT2D eigenvalue weighted by molar-refractivity contribution is 0.101. The first kappa shape index (κ1) is 23.0. The second-order valence-corrected chi connectivity index (χ2v) is 8.01. The van der Waals surface area contributed by atoms with Gasteiger partial charge in [0.1, 0.15) is 0 Å². The molecule has 0 spiro atoms. The summed E-state index contributed by atoms with van der Waals surface area (Å²) in [7, 11) is 0. The maximum atomic E-state index is 13.5. The smallest absolute Gasteiger partial charge is 0.281 e. The molecule has 2 aromatic carbocycles. The van der Waals surface area contributed by atoms with E-state index in [1.165, 1.54) is 10.7 Å². The Morgan fingerprint density at radius 1 is 0.970 bits per heavy atom. The van der Waals surface area contributed by atoms with Crippen LogP contribution in [-0.2, 0) is 29.2 Å². The standard InChI is InChI=1S/C25H26ClN3O4/c1-2-32-14-8-13-28-22(17-33-16-18-9-4-3-5-10-18)24-20(15-23(28)30)27-29(25(24)31)21-12-7-6-11-19(21)26/h3-7,9-12,15,27H,2,8,13-14,16-17H2,1H3. The van der Waals surface area contributed by atoms with Gasteiger partial charge in [0.15, 0.2) is 0 Å². The molecular weight excluding hydrogens is 442 g/mol. The number of nitrogens with zero attached hydrogens (tertiary/aromatic N) is 2. The summed E-state index contributed by atoms with van der Waals surface area (Å²) < 4.78 is 14.4. The lowest BCUT2D eigenvalue weighted by Gasteiger charge is -2.14. The Morgan fingerprint density at radius 3 is 2.48 bits per heavy atom. The largest absolute Gasteiger partial charge is 0.382 e. The van der Waals surface area contributed by atoms with E-state index >= 15 is 0 Å². The van der Waals surface area contributed by atoms with Crippen LogP contribution in [0.5, 0.6) is 0 Å². The molecule has 8 heteroatoms. The van der Waals surface area contributed by atoms with Crippen molar-refractivity contribution in [2.24, 2.45) is 0 Å². The third kappa shape index (κ3) is 5.11. The van der Waals surface area contributed by atoms with Gasteiger partial charge in [-0.3, -0.25) is 14.7 Å². The van der Waals surface area contributed by atoms with E-state index in [0.29, 0.717) is 60.1 Å². The molecule has 2 heterocycles. The quantitative estimate of drug-likeness (QED) is 0.353. The first-order chi connectivity index (χ1) is 16.1. The zero-order valence-corrected chi connectivity index (χ0v) is 19.2. The van der Waals surface area contributed by atoms with Gasteiger partial charge in [0.2, 0.25) is 0 Å². The second kappa shape index (κ2) is 10.7. The third-order valence-corrected chi connectivity index (χ3v) is 5.70. The molecule has 0 amide bonds. The summed E-state index contributed by atoms with van der Waals surface area (Å²) in [5.41, 5.74) is 2.03. The summed E-state index contributed by atoms with van der Waals surface area (Å²) in [6.45, 7) is 3.98. The Morgan fingerprint density at radius 2 is 1.73 bits per heavy atom. The van der Waals surface area contributed by atoms with Crippen molar-refractivity contribution in [3.63, 3.8) is 0 Å². The number of pyridine rings is 1. The Bertz CT molecular complexity index is 1340. The van der Waals surface area contributed by atoms with Crippen LogP contribution in [-0.4, -0.2) is 27.6 Å². The average molecular weight is 468 g/mol. The molecule has 0 radical (unpaired) electrons. The molecule has 0 fully saturated rings. The van der Waals surface area contributed by atoms with E-state index < -0.39 is 0 Å². The van der Waals surface area contributed by atoms with Crippen LogP contribution in [0, 0.1) is 0 Å². The lowest BCUT2D eigenvalue weighted by atomic mass is 10.2. The highest BCUT2D eigenvalue weighted by Gasteiger charge is 2.19. The predicted molar refractivity (Wildman–Crippen MR) is 129 cm³/mol. The molecule has 0 saturated heterocycles. The van der Waals surface area contributed by atoms with Gasteiger partial charge >= 0.3 is 0 Å². The van der Waals surface area contributed by atoms with Gasteiger partial charge in [0, 0.05) is 25.8 Å². The summed E-state index contributed by atoms with van der Waals surface area (Å²) in [5, 5.41) is 3.89. The monoisotopic (exact) mass is 467 g/mol. The van der Waals surface area contributed by atoms with Gasteiger partial charge in [0.25, 0.3) is 11.1 Å². The van der Waals surface area contributed by atoms with Gasteiger partial charge in [-0.05, 0) is 31.0 Å². The van der Waals surface area contributed by atoms with Crippen LogP contribution in [0.25, 0.3) is 16.6 Å². The van der Waals surface area contributed by atoms with E-state index in [2.05, 4.69) is 5.10 Å². The van der Waals surface area contributed by atoms with E-state index in [9.17, 15) is 9.59 Å². The van der Waals surface area contributed by atoms with Crippen molar-refractivity contribution in [1.82, 2.24) is 14.3 Å². The number of rotatable bonds is 10. The van der Waals surface area contributed by atoms with Crippen LogP contribution in [0.1, 0.15) is 24.6 Å². The molecule has 4 rings (SSSR count). The zero-order chi connectivity index (χ0) is 23.2. The molecule has 33 heavy (non-hydrogen) atoms. The summed E-state index contributed by atoms with van der Waals surface area (Å²) in [4.78, 5) is 26.4. The van der Waals surface area contributed by atoms with Crippen LogP contribution in [0.2, 0.25) is 5.02 Å². The predicted octanol–water partition coefficient (Wildman–Crippen LogP) is 4.28. The Kier molecular flexibility index (Phi) is 7.44. The van der Waals surface area contributed by atoms with Gasteiger partial charge in [-0.1, -0.05) is 54.1 Å². The van der Waals surface area contributed by atoms with Crippen molar-refractivity contribution in [1.29, 1.82) is 0 Å². The molecule has 4 aromatic rings. The maximum absolute atomic E-state index is 13.5. The molecule has 2 aromatic heterocycles. The number of nitrogens with one attached hydrogen (secondary N) is 1. The minimum absolute atomic E-state index is 0.117. The van der Waals surface area contributed by atoms with E-state index in [4.69, 9.17) is 21.1 Å². The minimum atomic E-state index is -0.282. The normalized spacial score (nSPS) is 11.3. The highest BCUT2D eigenvalue weighted by molar-refractivity contribution is 6.32. The summed E-state index contributed by atoms with van der Waals surface area (Å²) in [6.07, 6.45) is 0.647. The summed E-state index contributed by atoms with van der Waals surface area (Å²) >= 11 is 6.33. The average Bonchev–Trinajstić information content (AvgIpc) is 3.14. The number of aromatic amines is 1. The second-order valence-electron chi connectivity index (χ2n) is 7.60. The van der Waals surface area contributed by atoms with Crippen molar-refractivity contribution < 1.29 is 9.47 Å². The van der Waals surface area contributed by atoms with Crippen LogP contribution < -0.4 is 11.1 Å². The Hall–Kier alpha value is -3.13. The number of hydrogen-bond donors (Lipinski definition) is 1. The van der Waals surface area contributed by atoms with E-state index in [1.54, 1.807) is 28.8 Å². The lowest BCUT2D eigenvalue weighted by Crippen LogP contribution is -2.26. The number of para-hydroxylation sites is 1. The highest BCUT2D eigenvalue weighted by atomic mass is 35.5. The summed E-state index contributed by atoms with van der Waals surface area (Å²) in [5.74, 6) is 0. The van der Waals surface area contributed by atoms with Gasteiger partial charge in [-0.15, -0.1) is 0 Å². The van der Waals surface area contributed by atoms with Crippen molar-refractivity contribution in [2.45, 2.75) is 33.1 Å². The molecule has 172 valence electrons. The molecular formula is C25H26ClN3O4. The fourth-order valence-corrected chi connectivity index (χ4v) is 4.03. The van der Waals surface area contributed by atoms with Crippen molar-refractivity contribution >= 4 is 22.5 Å². The van der Waals surface area contributed by atoms with E-state index in [0.717, 1.165) is 5.56 Å². The van der Waals surface area contributed by atoms with Crippen molar-refractivity contribution in [2.75, 3.05) is 13.2 Å². The van der Waals surface area contributed by atoms with Gasteiger partial charge in [-0.25, -0.2) is 4.68 Å². The topological polar surface area (TPSA) is 78.2 Å². The number of halogens is 1. The van der Waals surface area contributed by atoms with E-state index in [-0.39, 0.29) is 17.7 Å². The number of ether oxygens (including phenoxy) is 2. The van der Waals surface area contributed by atoms with Crippen LogP contribution in [0.3, 0.4) is 0 Å². The van der Waals surface area contributed by atoms with Gasteiger partial charge in [0.05, 0.1) is 40.5 Å². The number of fused-ring (bicyclic) bond motifs is 1. The molecule has 0 aliphatic rings. The molecule has 0 aliphatic heterocycles. The Balaban J connectivity index is 1.76. The fraction of sp³-hybridized carbons (Fsp3) is 0.280. The molecule has 0 saturated carbocycles. The number of aromatic nitrogens is 3. The molecule has 1 N–H and O–H groups in total. The van der Waals surface area contributed by atoms with Gasteiger partial charge < -0.3 is 14.0 Å². The van der Waals surface area contributed by atoms with Crippen LogP contribution >= 0.6 is 11.6 Å². The summed E-state index contributed by atoms with van der Waals surface area (Å²) in [6, 6.07) is 18.3. The molecule has 0 aliphatic carbocycles. The zero-order valence-electron chi connectivity index (χ0n) is 18.4. The molecule has 0 bridgehead atoms. The van der Waals surface area contributed by atoms with Crippen LogP contribution in [0.15, 0.2) is 70.3 Å². The van der Waals surface area contributed by atoms with Gasteiger partial charge in [-0.2, -0.15) is 0 Å². The maximum Gasteiger partial charge on any atom is 0.281 e. The molecule has 7 nitrogen and oxygen atoms in total. The molecule has 0 unspecified atom stereocenters. The van der Waals surface area contributed by atoms with Crippen molar-refractivity contribution in [3.8, 4) is 5.69 Å². The first-order valence-corrected chi connectivity index (χ1v) is 11.3. The number of benzene rings is 2. The SMILES string of the molecule is CCOCCCn1c(COCc2ccccc2)c2c(=O)n(-c3ccccc3Cl)[nH]c2cc1=O.